The number of hydrogen-bond acceptors (Lipinski definition) is 3. The zero-order valence-corrected chi connectivity index (χ0v) is 5.98. The minimum absolute atomic E-state index is 0.155. The first kappa shape index (κ1) is 8.59. The summed E-state index contributed by atoms with van der Waals surface area (Å²) in [4.78, 5) is 10.5. The van der Waals surface area contributed by atoms with E-state index in [0.29, 0.717) is 13.0 Å². The van der Waals surface area contributed by atoms with Gasteiger partial charge in [0.1, 0.15) is 5.78 Å². The fourth-order valence-electron chi connectivity index (χ4n) is 0.650. The minimum atomic E-state index is 0.155. The third-order valence-electron chi connectivity index (χ3n) is 1.23. The molecule has 3 nitrogen and oxygen atoms in total. The molecule has 0 rings (SSSR count). The molecule has 0 spiro atoms. The van der Waals surface area contributed by atoms with Crippen molar-refractivity contribution in [2.75, 3.05) is 13.6 Å². The molecule has 3 N–H and O–H groups in total. The van der Waals surface area contributed by atoms with Gasteiger partial charge in [0.2, 0.25) is 0 Å². The lowest BCUT2D eigenvalue weighted by atomic mass is 10.1. The Labute approximate surface area is 55.6 Å². The van der Waals surface area contributed by atoms with Crippen LogP contribution in [0.3, 0.4) is 0 Å². The van der Waals surface area contributed by atoms with E-state index in [1.54, 1.807) is 14.0 Å². The molecular weight excluding hydrogens is 116 g/mol. The van der Waals surface area contributed by atoms with Gasteiger partial charge in [0.25, 0.3) is 0 Å². The van der Waals surface area contributed by atoms with Crippen molar-refractivity contribution in [1.29, 1.82) is 0 Å². The Kier molecular flexibility index (Phi) is 4.26. The highest BCUT2D eigenvalue weighted by Crippen LogP contribution is 1.88. The smallest absolute Gasteiger partial charge is 0.131 e. The predicted molar refractivity (Wildman–Crippen MR) is 37.2 cm³/mol. The van der Waals surface area contributed by atoms with E-state index < -0.39 is 0 Å². The molecule has 0 fully saturated rings. The first-order valence-corrected chi connectivity index (χ1v) is 3.07. The summed E-state index contributed by atoms with van der Waals surface area (Å²) in [6.45, 7) is 2.09. The summed E-state index contributed by atoms with van der Waals surface area (Å²) in [5.74, 6) is 0.180. The van der Waals surface area contributed by atoms with Gasteiger partial charge in [-0.25, -0.2) is 0 Å². The summed E-state index contributed by atoms with van der Waals surface area (Å²) in [6, 6.07) is 0.155. The molecule has 1 unspecified atom stereocenters. The second kappa shape index (κ2) is 4.47. The van der Waals surface area contributed by atoms with Gasteiger partial charge >= 0.3 is 0 Å². The van der Waals surface area contributed by atoms with Crippen molar-refractivity contribution in [2.45, 2.75) is 19.4 Å². The lowest BCUT2D eigenvalue weighted by Gasteiger charge is -2.09. The second-order valence-corrected chi connectivity index (χ2v) is 2.13. The van der Waals surface area contributed by atoms with Crippen LogP contribution in [0.5, 0.6) is 0 Å². The van der Waals surface area contributed by atoms with Crippen LogP contribution in [0, 0.1) is 0 Å². The molecule has 0 heterocycles. The molecule has 9 heavy (non-hydrogen) atoms. The molecule has 0 aromatic carbocycles. The van der Waals surface area contributed by atoms with Crippen molar-refractivity contribution >= 4 is 5.78 Å². The summed E-state index contributed by atoms with van der Waals surface area (Å²) in [5.41, 5.74) is 5.32. The van der Waals surface area contributed by atoms with Crippen LogP contribution in [-0.4, -0.2) is 25.4 Å². The van der Waals surface area contributed by atoms with Gasteiger partial charge in [0.15, 0.2) is 0 Å². The molecule has 0 saturated heterocycles. The van der Waals surface area contributed by atoms with Crippen LogP contribution < -0.4 is 11.1 Å². The van der Waals surface area contributed by atoms with Crippen LogP contribution >= 0.6 is 0 Å². The van der Waals surface area contributed by atoms with Gasteiger partial charge in [-0.1, -0.05) is 0 Å². The normalized spacial score (nSPS) is 13.2. The first-order chi connectivity index (χ1) is 4.20. The summed E-state index contributed by atoms with van der Waals surface area (Å²) in [7, 11) is 1.81. The lowest BCUT2D eigenvalue weighted by Crippen LogP contribution is -2.34. The third-order valence-corrected chi connectivity index (χ3v) is 1.23. The molecule has 0 radical (unpaired) electrons. The van der Waals surface area contributed by atoms with Gasteiger partial charge in [-0.05, 0) is 14.0 Å². The zero-order valence-electron chi connectivity index (χ0n) is 5.98. The number of hydrogen-bond donors (Lipinski definition) is 2. The van der Waals surface area contributed by atoms with E-state index in [1.807, 2.05) is 0 Å². The number of carbonyl (C=O) groups is 1. The maximum absolute atomic E-state index is 10.5. The molecule has 3 heteroatoms. The van der Waals surface area contributed by atoms with E-state index in [0.717, 1.165) is 0 Å². The van der Waals surface area contributed by atoms with Crippen LogP contribution in [0.25, 0.3) is 0 Å². The van der Waals surface area contributed by atoms with Gasteiger partial charge in [-0.3, -0.25) is 4.79 Å². The highest BCUT2D eigenvalue weighted by Gasteiger charge is 2.04. The minimum Gasteiger partial charge on any atom is -0.329 e. The molecule has 0 aliphatic rings. The van der Waals surface area contributed by atoms with E-state index in [9.17, 15) is 4.79 Å². The Hall–Kier alpha value is -0.410. The molecule has 0 saturated carbocycles. The number of ketones is 1. The number of carbonyl (C=O) groups excluding carboxylic acids is 1. The van der Waals surface area contributed by atoms with Crippen LogP contribution in [0.1, 0.15) is 13.3 Å². The molecule has 0 amide bonds. The van der Waals surface area contributed by atoms with Crippen molar-refractivity contribution in [3.63, 3.8) is 0 Å². The topological polar surface area (TPSA) is 55.1 Å². The highest BCUT2D eigenvalue weighted by atomic mass is 16.1. The molecule has 0 bridgehead atoms. The number of likely N-dealkylation sites (N-methyl/N-ethyl adjacent to an activating group) is 1. The van der Waals surface area contributed by atoms with E-state index in [4.69, 9.17) is 5.73 Å². The second-order valence-electron chi connectivity index (χ2n) is 2.13. The van der Waals surface area contributed by atoms with E-state index in [2.05, 4.69) is 5.32 Å². The van der Waals surface area contributed by atoms with Gasteiger partial charge in [-0.2, -0.15) is 0 Å². The van der Waals surface area contributed by atoms with Crippen molar-refractivity contribution in [1.82, 2.24) is 5.32 Å². The Bertz CT molecular complexity index is 89.1. The Morgan fingerprint density at radius 2 is 2.33 bits per heavy atom. The maximum atomic E-state index is 10.5. The van der Waals surface area contributed by atoms with Crippen LogP contribution in [0.2, 0.25) is 0 Å². The Morgan fingerprint density at radius 1 is 1.78 bits per heavy atom. The van der Waals surface area contributed by atoms with Gasteiger partial charge in [-0.15, -0.1) is 0 Å². The molecule has 1 atom stereocenters. The number of Topliss-reactive ketones (excluding diaryl/α,β-unsaturated/α-hetero) is 1. The largest absolute Gasteiger partial charge is 0.329 e. The predicted octanol–water partition coefficient (Wildman–Crippen LogP) is -0.488. The van der Waals surface area contributed by atoms with Crippen molar-refractivity contribution < 1.29 is 4.79 Å². The average Bonchev–Trinajstić information content (AvgIpc) is 1.82. The van der Waals surface area contributed by atoms with E-state index >= 15 is 0 Å². The third kappa shape index (κ3) is 4.12. The standard InChI is InChI=1S/C6H14N2O/c1-5(9)3-6(4-7)8-2/h6,8H,3-4,7H2,1-2H3. The summed E-state index contributed by atoms with van der Waals surface area (Å²) < 4.78 is 0. The lowest BCUT2D eigenvalue weighted by molar-refractivity contribution is -0.117. The number of nitrogens with two attached hydrogens (primary N) is 1. The number of nitrogens with one attached hydrogen (secondary N) is 1. The molecule has 54 valence electrons. The van der Waals surface area contributed by atoms with Gasteiger partial charge in [0, 0.05) is 19.0 Å². The van der Waals surface area contributed by atoms with Gasteiger partial charge < -0.3 is 11.1 Å². The van der Waals surface area contributed by atoms with Crippen molar-refractivity contribution in [2.24, 2.45) is 5.73 Å². The Balaban J connectivity index is 3.43. The fraction of sp³-hybridized carbons (Fsp3) is 0.833. The fourth-order valence-corrected chi connectivity index (χ4v) is 0.650. The van der Waals surface area contributed by atoms with E-state index in [-0.39, 0.29) is 11.8 Å². The van der Waals surface area contributed by atoms with Crippen LogP contribution in [0.4, 0.5) is 0 Å². The highest BCUT2D eigenvalue weighted by molar-refractivity contribution is 5.76. The maximum Gasteiger partial charge on any atom is 0.131 e. The summed E-state index contributed by atoms with van der Waals surface area (Å²) in [6.07, 6.45) is 0.535. The molecular formula is C6H14N2O. The van der Waals surface area contributed by atoms with Gasteiger partial charge in [0.05, 0.1) is 0 Å². The van der Waals surface area contributed by atoms with Crippen LogP contribution in [-0.2, 0) is 4.79 Å². The zero-order chi connectivity index (χ0) is 7.28. The molecule has 0 aliphatic carbocycles. The quantitative estimate of drug-likeness (QED) is 0.540. The van der Waals surface area contributed by atoms with E-state index in [1.165, 1.54) is 0 Å². The first-order valence-electron chi connectivity index (χ1n) is 3.07. The monoisotopic (exact) mass is 130 g/mol. The summed E-state index contributed by atoms with van der Waals surface area (Å²) >= 11 is 0. The molecule has 0 aromatic heterocycles. The Morgan fingerprint density at radius 3 is 2.44 bits per heavy atom. The average molecular weight is 130 g/mol. The number of rotatable bonds is 4. The SMILES string of the molecule is CNC(CN)CC(C)=O. The molecule has 0 aromatic rings. The van der Waals surface area contributed by atoms with Crippen molar-refractivity contribution in [3.8, 4) is 0 Å². The van der Waals surface area contributed by atoms with Crippen molar-refractivity contribution in [3.05, 3.63) is 0 Å². The van der Waals surface area contributed by atoms with Crippen LogP contribution in [0.15, 0.2) is 0 Å². The summed E-state index contributed by atoms with van der Waals surface area (Å²) in [5, 5.41) is 2.94. The molecule has 0 aliphatic heterocycles.